The molecule has 0 aromatic heterocycles. The number of anilines is 1. The van der Waals surface area contributed by atoms with E-state index in [0.717, 1.165) is 37.0 Å². The third-order valence-electron chi connectivity index (χ3n) is 3.27. The van der Waals surface area contributed by atoms with E-state index in [-0.39, 0.29) is 24.0 Å². The average molecular weight is 409 g/mol. The van der Waals surface area contributed by atoms with Crippen LogP contribution in [0.1, 0.15) is 13.3 Å². The molecule has 6 heteroatoms. The molecule has 0 saturated carbocycles. The second-order valence-electron chi connectivity index (χ2n) is 4.66. The zero-order chi connectivity index (χ0) is 13.7. The van der Waals surface area contributed by atoms with Gasteiger partial charge >= 0.3 is 0 Å². The van der Waals surface area contributed by atoms with Crippen molar-refractivity contribution in [2.45, 2.75) is 19.4 Å². The number of hydrogen-bond acceptors (Lipinski definition) is 2. The van der Waals surface area contributed by atoms with Crippen LogP contribution in [0.2, 0.25) is 5.02 Å². The Morgan fingerprint density at radius 1 is 1.50 bits per heavy atom. The first-order chi connectivity index (χ1) is 9.22. The van der Waals surface area contributed by atoms with Crippen molar-refractivity contribution in [1.29, 1.82) is 0 Å². The van der Waals surface area contributed by atoms with Crippen molar-refractivity contribution in [3.05, 3.63) is 29.3 Å². The smallest absolute Gasteiger partial charge is 0.191 e. The molecule has 2 rings (SSSR count). The molecule has 1 saturated heterocycles. The third kappa shape index (κ3) is 4.70. The molecule has 0 spiro atoms. The molecule has 1 unspecified atom stereocenters. The summed E-state index contributed by atoms with van der Waals surface area (Å²) in [6.45, 7) is 4.97. The van der Waals surface area contributed by atoms with E-state index in [9.17, 15) is 0 Å². The minimum absolute atomic E-state index is 0. The molecule has 0 bridgehead atoms. The van der Waals surface area contributed by atoms with Gasteiger partial charge in [0.25, 0.3) is 0 Å². The lowest BCUT2D eigenvalue weighted by Gasteiger charge is -2.20. The number of nitrogens with one attached hydrogen (secondary N) is 2. The fourth-order valence-corrected chi connectivity index (χ4v) is 2.53. The molecule has 20 heavy (non-hydrogen) atoms. The number of rotatable bonds is 3. The van der Waals surface area contributed by atoms with Gasteiger partial charge < -0.3 is 15.5 Å². The summed E-state index contributed by atoms with van der Waals surface area (Å²) in [7, 11) is 1.80. The van der Waals surface area contributed by atoms with E-state index in [2.05, 4.69) is 33.5 Å². The van der Waals surface area contributed by atoms with Gasteiger partial charge in [0.2, 0.25) is 0 Å². The molecule has 1 aromatic rings. The number of hydrogen-bond donors (Lipinski definition) is 2. The van der Waals surface area contributed by atoms with E-state index in [0.29, 0.717) is 6.04 Å². The topological polar surface area (TPSA) is 39.7 Å². The lowest BCUT2D eigenvalue weighted by molar-refractivity contribution is 0.652. The molecule has 4 nitrogen and oxygen atoms in total. The predicted octanol–water partition coefficient (Wildman–Crippen LogP) is 2.72. The lowest BCUT2D eigenvalue weighted by Crippen LogP contribution is -2.44. The van der Waals surface area contributed by atoms with Crippen LogP contribution in [0.5, 0.6) is 0 Å². The summed E-state index contributed by atoms with van der Waals surface area (Å²) in [5.41, 5.74) is 1.19. The van der Waals surface area contributed by atoms with Gasteiger partial charge in [-0.25, -0.2) is 0 Å². The van der Waals surface area contributed by atoms with E-state index in [1.807, 2.05) is 18.2 Å². The first kappa shape index (κ1) is 17.4. The average Bonchev–Trinajstić information content (AvgIpc) is 2.87. The monoisotopic (exact) mass is 408 g/mol. The van der Waals surface area contributed by atoms with Gasteiger partial charge in [-0.15, -0.1) is 24.0 Å². The van der Waals surface area contributed by atoms with E-state index in [1.165, 1.54) is 5.69 Å². The number of aliphatic imine (C=N–C) groups is 1. The molecule has 112 valence electrons. The Morgan fingerprint density at radius 2 is 2.30 bits per heavy atom. The predicted molar refractivity (Wildman–Crippen MR) is 97.7 cm³/mol. The summed E-state index contributed by atoms with van der Waals surface area (Å²) in [4.78, 5) is 6.56. The van der Waals surface area contributed by atoms with Gasteiger partial charge in [-0.1, -0.05) is 17.7 Å². The Hall–Kier alpha value is -0.690. The molecule has 1 heterocycles. The maximum absolute atomic E-state index is 6.04. The molecule has 1 atom stereocenters. The molecule has 1 fully saturated rings. The summed E-state index contributed by atoms with van der Waals surface area (Å²) < 4.78 is 0. The molecular weight excluding hydrogens is 387 g/mol. The van der Waals surface area contributed by atoms with Gasteiger partial charge in [0.15, 0.2) is 5.96 Å². The second kappa shape index (κ2) is 8.56. The molecule has 0 aliphatic carbocycles. The summed E-state index contributed by atoms with van der Waals surface area (Å²) in [6.07, 6.45) is 1.11. The SMILES string of the molecule is CCNC(=NC)NC1CCN(c2cccc(Cl)c2)C1.I. The Balaban J connectivity index is 0.00000200. The fraction of sp³-hybridized carbons (Fsp3) is 0.500. The first-order valence-electron chi connectivity index (χ1n) is 6.70. The summed E-state index contributed by atoms with van der Waals surface area (Å²) >= 11 is 6.04. The normalized spacial score (nSPS) is 18.6. The zero-order valence-corrected chi connectivity index (χ0v) is 15.0. The summed E-state index contributed by atoms with van der Waals surface area (Å²) in [6, 6.07) is 8.45. The Kier molecular flexibility index (Phi) is 7.43. The van der Waals surface area contributed by atoms with Gasteiger partial charge in [0.1, 0.15) is 0 Å². The van der Waals surface area contributed by atoms with Gasteiger partial charge in [-0.3, -0.25) is 4.99 Å². The number of guanidine groups is 1. The van der Waals surface area contributed by atoms with Crippen LogP contribution in [-0.2, 0) is 0 Å². The van der Waals surface area contributed by atoms with Crippen LogP contribution >= 0.6 is 35.6 Å². The molecule has 0 radical (unpaired) electrons. The third-order valence-corrected chi connectivity index (χ3v) is 3.51. The highest BCUT2D eigenvalue weighted by Gasteiger charge is 2.23. The van der Waals surface area contributed by atoms with Crippen molar-refractivity contribution in [2.75, 3.05) is 31.6 Å². The van der Waals surface area contributed by atoms with E-state index < -0.39 is 0 Å². The highest BCUT2D eigenvalue weighted by atomic mass is 127. The lowest BCUT2D eigenvalue weighted by atomic mass is 10.3. The van der Waals surface area contributed by atoms with Crippen LogP contribution in [0, 0.1) is 0 Å². The van der Waals surface area contributed by atoms with Crippen LogP contribution in [-0.4, -0.2) is 38.7 Å². The minimum Gasteiger partial charge on any atom is -0.369 e. The fourth-order valence-electron chi connectivity index (χ4n) is 2.34. The Bertz CT molecular complexity index is 453. The highest BCUT2D eigenvalue weighted by Crippen LogP contribution is 2.23. The van der Waals surface area contributed by atoms with Crippen molar-refractivity contribution in [3.63, 3.8) is 0 Å². The summed E-state index contributed by atoms with van der Waals surface area (Å²) in [5.74, 6) is 0.875. The standard InChI is InChI=1S/C14H21ClN4.HI/c1-3-17-14(16-2)18-12-7-8-19(10-12)13-6-4-5-11(15)9-13;/h4-6,9,12H,3,7-8,10H2,1-2H3,(H2,16,17,18);1H. The van der Waals surface area contributed by atoms with E-state index in [1.54, 1.807) is 7.05 Å². The van der Waals surface area contributed by atoms with E-state index >= 15 is 0 Å². The van der Waals surface area contributed by atoms with Crippen LogP contribution in [0.3, 0.4) is 0 Å². The molecule has 2 N–H and O–H groups in total. The molecule has 1 aliphatic heterocycles. The zero-order valence-electron chi connectivity index (χ0n) is 11.9. The van der Waals surface area contributed by atoms with Gasteiger partial charge in [0, 0.05) is 43.4 Å². The van der Waals surface area contributed by atoms with Crippen LogP contribution in [0.4, 0.5) is 5.69 Å². The van der Waals surface area contributed by atoms with Crippen molar-refractivity contribution in [1.82, 2.24) is 10.6 Å². The molecule has 0 amide bonds. The first-order valence-corrected chi connectivity index (χ1v) is 7.08. The van der Waals surface area contributed by atoms with Crippen LogP contribution < -0.4 is 15.5 Å². The van der Waals surface area contributed by atoms with Gasteiger partial charge in [0.05, 0.1) is 0 Å². The van der Waals surface area contributed by atoms with Crippen molar-refractivity contribution < 1.29 is 0 Å². The van der Waals surface area contributed by atoms with E-state index in [4.69, 9.17) is 11.6 Å². The minimum atomic E-state index is 0. The second-order valence-corrected chi connectivity index (χ2v) is 5.09. The van der Waals surface area contributed by atoms with Crippen molar-refractivity contribution >= 4 is 47.2 Å². The Morgan fingerprint density at radius 3 is 2.95 bits per heavy atom. The van der Waals surface area contributed by atoms with Crippen molar-refractivity contribution in [3.8, 4) is 0 Å². The van der Waals surface area contributed by atoms with Crippen LogP contribution in [0.15, 0.2) is 29.3 Å². The molecule has 1 aromatic carbocycles. The molecular formula is C14H22ClIN4. The van der Waals surface area contributed by atoms with Crippen LogP contribution in [0.25, 0.3) is 0 Å². The maximum atomic E-state index is 6.04. The number of halogens is 2. The number of nitrogens with zero attached hydrogens (tertiary/aromatic N) is 2. The molecule has 1 aliphatic rings. The van der Waals surface area contributed by atoms with Crippen molar-refractivity contribution in [2.24, 2.45) is 4.99 Å². The number of benzene rings is 1. The van der Waals surface area contributed by atoms with Gasteiger partial charge in [-0.05, 0) is 31.5 Å². The highest BCUT2D eigenvalue weighted by molar-refractivity contribution is 14.0. The quantitative estimate of drug-likeness (QED) is 0.459. The maximum Gasteiger partial charge on any atom is 0.191 e. The Labute approximate surface area is 143 Å². The summed E-state index contributed by atoms with van der Waals surface area (Å²) in [5, 5.41) is 7.46. The largest absolute Gasteiger partial charge is 0.369 e. The van der Waals surface area contributed by atoms with Gasteiger partial charge in [-0.2, -0.15) is 0 Å².